The van der Waals surface area contributed by atoms with Crippen LogP contribution in [0.5, 0.6) is 5.75 Å². The van der Waals surface area contributed by atoms with Crippen molar-refractivity contribution < 1.29 is 24.3 Å². The molecule has 1 fully saturated rings. The van der Waals surface area contributed by atoms with Gasteiger partial charge in [0.25, 0.3) is 0 Å². The van der Waals surface area contributed by atoms with Gasteiger partial charge in [0.1, 0.15) is 11.7 Å². The minimum absolute atomic E-state index is 0.0977. The van der Waals surface area contributed by atoms with Gasteiger partial charge in [-0.15, -0.1) is 0 Å². The molecule has 1 heterocycles. The van der Waals surface area contributed by atoms with E-state index in [-0.39, 0.29) is 6.10 Å². The Bertz CT molecular complexity index is 509. The van der Waals surface area contributed by atoms with Gasteiger partial charge < -0.3 is 24.3 Å². The third-order valence-electron chi connectivity index (χ3n) is 4.60. The fraction of sp³-hybridized carbons (Fsp3) is 0.632. The highest BCUT2D eigenvalue weighted by molar-refractivity contribution is 5.71. The molecule has 2 atom stereocenters. The molecular weight excluding hydrogens is 306 g/mol. The van der Waals surface area contributed by atoms with Crippen molar-refractivity contribution in [1.82, 2.24) is 0 Å². The van der Waals surface area contributed by atoms with Gasteiger partial charge in [0.05, 0.1) is 19.7 Å². The van der Waals surface area contributed by atoms with Crippen LogP contribution in [0, 0.1) is 5.92 Å². The summed E-state index contributed by atoms with van der Waals surface area (Å²) in [5.74, 6) is 0.362. The fourth-order valence-electron chi connectivity index (χ4n) is 3.24. The maximum atomic E-state index is 11.7. The number of benzene rings is 1. The number of rotatable bonds is 8. The quantitative estimate of drug-likeness (QED) is 0.755. The molecule has 1 N–H and O–H groups in total. The van der Waals surface area contributed by atoms with Crippen molar-refractivity contribution in [3.05, 3.63) is 29.8 Å². The summed E-state index contributed by atoms with van der Waals surface area (Å²) in [5, 5.41) is 11.7. The summed E-state index contributed by atoms with van der Waals surface area (Å²) in [7, 11) is 1.93. The Morgan fingerprint density at radius 1 is 1.29 bits per heavy atom. The lowest BCUT2D eigenvalue weighted by Gasteiger charge is -2.29. The van der Waals surface area contributed by atoms with Crippen LogP contribution in [0.25, 0.3) is 0 Å². The summed E-state index contributed by atoms with van der Waals surface area (Å²) in [5.41, 5.74) is 0.760. The van der Waals surface area contributed by atoms with E-state index in [0.717, 1.165) is 55.2 Å². The van der Waals surface area contributed by atoms with Crippen LogP contribution in [-0.4, -0.2) is 38.9 Å². The molecule has 1 aliphatic rings. The Morgan fingerprint density at radius 3 is 2.46 bits per heavy atom. The van der Waals surface area contributed by atoms with Gasteiger partial charge in [-0.25, -0.2) is 0 Å². The van der Waals surface area contributed by atoms with Gasteiger partial charge in [-0.05, 0) is 63.3 Å². The SMILES string of the molecule is CC(C)Oc1ccc([C@H](C(=O)[O-])[NH+](C)CCC2CCOCC2)cc1. The van der Waals surface area contributed by atoms with Gasteiger partial charge in [-0.2, -0.15) is 0 Å². The summed E-state index contributed by atoms with van der Waals surface area (Å²) >= 11 is 0. The second kappa shape index (κ2) is 9.04. The first-order valence-electron chi connectivity index (χ1n) is 8.85. The summed E-state index contributed by atoms with van der Waals surface area (Å²) in [6, 6.07) is 6.67. The summed E-state index contributed by atoms with van der Waals surface area (Å²) in [6.07, 6.45) is 3.27. The molecule has 1 aromatic rings. The Morgan fingerprint density at radius 2 is 1.92 bits per heavy atom. The zero-order valence-electron chi connectivity index (χ0n) is 14.9. The normalized spacial score (nSPS) is 18.3. The van der Waals surface area contributed by atoms with E-state index in [1.165, 1.54) is 0 Å². The first-order valence-corrected chi connectivity index (χ1v) is 8.85. The number of ether oxygens (including phenoxy) is 2. The van der Waals surface area contributed by atoms with E-state index in [2.05, 4.69) is 0 Å². The van der Waals surface area contributed by atoms with Crippen LogP contribution in [0.3, 0.4) is 0 Å². The third kappa shape index (κ3) is 5.49. The van der Waals surface area contributed by atoms with Crippen LogP contribution in [-0.2, 0) is 9.53 Å². The van der Waals surface area contributed by atoms with Crippen molar-refractivity contribution in [2.24, 2.45) is 5.92 Å². The molecule has 0 bridgehead atoms. The number of hydrogen-bond donors (Lipinski definition) is 1. The highest BCUT2D eigenvalue weighted by atomic mass is 16.5. The summed E-state index contributed by atoms with van der Waals surface area (Å²) in [6.45, 7) is 6.39. The maximum Gasteiger partial charge on any atom is 0.153 e. The molecule has 1 aromatic carbocycles. The number of nitrogens with one attached hydrogen (secondary N) is 1. The smallest absolute Gasteiger partial charge is 0.153 e. The van der Waals surface area contributed by atoms with Gasteiger partial charge in [-0.3, -0.25) is 0 Å². The van der Waals surface area contributed by atoms with Crippen molar-refractivity contribution in [3.63, 3.8) is 0 Å². The molecular formula is C19H29NO4. The Labute approximate surface area is 144 Å². The second-order valence-corrected chi connectivity index (χ2v) is 6.93. The van der Waals surface area contributed by atoms with Crippen molar-refractivity contribution >= 4 is 5.97 Å². The zero-order valence-corrected chi connectivity index (χ0v) is 14.9. The fourth-order valence-corrected chi connectivity index (χ4v) is 3.24. The molecule has 0 amide bonds. The summed E-state index contributed by atoms with van der Waals surface area (Å²) < 4.78 is 11.0. The topological polar surface area (TPSA) is 63.0 Å². The molecule has 0 spiro atoms. The van der Waals surface area contributed by atoms with E-state index in [1.54, 1.807) is 0 Å². The molecule has 0 radical (unpaired) electrons. The number of carboxylic acids is 1. The second-order valence-electron chi connectivity index (χ2n) is 6.93. The van der Waals surface area contributed by atoms with E-state index in [4.69, 9.17) is 9.47 Å². The average molecular weight is 335 g/mol. The summed E-state index contributed by atoms with van der Waals surface area (Å²) in [4.78, 5) is 12.6. The van der Waals surface area contributed by atoms with Gasteiger partial charge in [0, 0.05) is 18.8 Å². The molecule has 0 aliphatic carbocycles. The van der Waals surface area contributed by atoms with E-state index >= 15 is 0 Å². The van der Waals surface area contributed by atoms with Crippen molar-refractivity contribution in [3.8, 4) is 5.75 Å². The van der Waals surface area contributed by atoms with E-state index in [1.807, 2.05) is 45.2 Å². The molecule has 1 saturated heterocycles. The molecule has 1 unspecified atom stereocenters. The van der Waals surface area contributed by atoms with E-state index < -0.39 is 12.0 Å². The lowest BCUT2D eigenvalue weighted by Crippen LogP contribution is -3.10. The number of aliphatic carboxylic acids is 1. The van der Waals surface area contributed by atoms with E-state index in [9.17, 15) is 9.90 Å². The molecule has 5 nitrogen and oxygen atoms in total. The largest absolute Gasteiger partial charge is 0.544 e. The number of likely N-dealkylation sites (N-methyl/N-ethyl adjacent to an activating group) is 1. The Hall–Kier alpha value is -1.59. The van der Waals surface area contributed by atoms with Crippen molar-refractivity contribution in [2.45, 2.75) is 45.3 Å². The molecule has 5 heteroatoms. The maximum absolute atomic E-state index is 11.7. The van der Waals surface area contributed by atoms with Gasteiger partial charge in [-0.1, -0.05) is 0 Å². The lowest BCUT2D eigenvalue weighted by molar-refractivity contribution is -0.905. The monoisotopic (exact) mass is 335 g/mol. The van der Waals surface area contributed by atoms with Gasteiger partial charge >= 0.3 is 0 Å². The van der Waals surface area contributed by atoms with Crippen LogP contribution in [0.4, 0.5) is 0 Å². The predicted octanol–water partition coefficient (Wildman–Crippen LogP) is 0.596. The predicted molar refractivity (Wildman–Crippen MR) is 89.9 cm³/mol. The minimum Gasteiger partial charge on any atom is -0.544 e. The number of hydrogen-bond acceptors (Lipinski definition) is 4. The van der Waals surface area contributed by atoms with Crippen LogP contribution >= 0.6 is 0 Å². The van der Waals surface area contributed by atoms with Crippen LogP contribution in [0.2, 0.25) is 0 Å². The molecule has 0 aromatic heterocycles. The Balaban J connectivity index is 1.98. The minimum atomic E-state index is -1.03. The standard InChI is InChI=1S/C19H29NO4/c1-14(2)24-17-6-4-16(5-7-17)18(19(21)22)20(3)11-8-15-9-12-23-13-10-15/h4-7,14-15,18H,8-13H2,1-3H3,(H,21,22)/t18-/m1/s1. The molecule has 2 rings (SSSR count). The van der Waals surface area contributed by atoms with Crippen LogP contribution in [0.1, 0.15) is 44.7 Å². The number of carbonyl (C=O) groups is 1. The van der Waals surface area contributed by atoms with Crippen molar-refractivity contribution in [2.75, 3.05) is 26.8 Å². The molecule has 24 heavy (non-hydrogen) atoms. The molecule has 0 saturated carbocycles. The highest BCUT2D eigenvalue weighted by Crippen LogP contribution is 2.19. The lowest BCUT2D eigenvalue weighted by atomic mass is 9.96. The molecule has 134 valence electrons. The third-order valence-corrected chi connectivity index (χ3v) is 4.60. The first-order chi connectivity index (χ1) is 11.5. The average Bonchev–Trinajstić information content (AvgIpc) is 2.55. The van der Waals surface area contributed by atoms with Crippen LogP contribution in [0.15, 0.2) is 24.3 Å². The number of carboxylic acid groups (broad SMARTS) is 1. The van der Waals surface area contributed by atoms with Gasteiger partial charge in [0.15, 0.2) is 6.04 Å². The van der Waals surface area contributed by atoms with Gasteiger partial charge in [0.2, 0.25) is 0 Å². The first kappa shape index (κ1) is 18.7. The van der Waals surface area contributed by atoms with E-state index in [0.29, 0.717) is 5.92 Å². The number of quaternary nitrogens is 1. The zero-order chi connectivity index (χ0) is 17.5. The van der Waals surface area contributed by atoms with Crippen LogP contribution < -0.4 is 14.7 Å². The van der Waals surface area contributed by atoms with Crippen molar-refractivity contribution in [1.29, 1.82) is 0 Å². The Kier molecular flexibility index (Phi) is 7.06. The highest BCUT2D eigenvalue weighted by Gasteiger charge is 2.24. The number of carbonyl (C=O) groups excluding carboxylic acids is 1. The molecule has 1 aliphatic heterocycles.